The minimum Gasteiger partial charge on any atom is -0.0917 e. The molecular weight excluding hydrogens is 168 g/mol. The van der Waals surface area contributed by atoms with Gasteiger partial charge in [0.1, 0.15) is 0 Å². The molecule has 0 atom stereocenters. The number of unbranched alkanes of at least 4 members (excludes halogenated alkanes) is 1. The number of benzene rings is 1. The number of aryl methyl sites for hydroxylation is 1. The zero-order valence-electron chi connectivity index (χ0n) is 9.66. The Morgan fingerprint density at radius 2 is 1.71 bits per heavy atom. The summed E-state index contributed by atoms with van der Waals surface area (Å²) in [4.78, 5) is 0. The van der Waals surface area contributed by atoms with Crippen molar-refractivity contribution in [2.75, 3.05) is 0 Å². The van der Waals surface area contributed by atoms with Gasteiger partial charge in [-0.3, -0.25) is 0 Å². The first-order valence-electron chi connectivity index (χ1n) is 5.58. The summed E-state index contributed by atoms with van der Waals surface area (Å²) in [6, 6.07) is 10.6. The summed E-state index contributed by atoms with van der Waals surface area (Å²) in [5, 5.41) is 0. The fourth-order valence-corrected chi connectivity index (χ4v) is 1.24. The van der Waals surface area contributed by atoms with Crippen molar-refractivity contribution in [3.8, 4) is 0 Å². The van der Waals surface area contributed by atoms with Crippen LogP contribution in [-0.4, -0.2) is 0 Å². The molecule has 0 saturated carbocycles. The minimum absolute atomic E-state index is 1.20. The molecule has 0 fully saturated rings. The van der Waals surface area contributed by atoms with Gasteiger partial charge in [-0.2, -0.15) is 0 Å². The van der Waals surface area contributed by atoms with E-state index < -0.39 is 0 Å². The third-order valence-electron chi connectivity index (χ3n) is 1.91. The van der Waals surface area contributed by atoms with Crippen molar-refractivity contribution in [1.82, 2.24) is 0 Å². The minimum atomic E-state index is 1.20. The summed E-state index contributed by atoms with van der Waals surface area (Å²) in [5.41, 5.74) is 1.45. The largest absolute Gasteiger partial charge is 0.0917 e. The monoisotopic (exact) mass is 190 g/mol. The second kappa shape index (κ2) is 10.0. The number of hydrogen-bond donors (Lipinski definition) is 0. The molecular formula is C14H22. The SMILES string of the molecule is C/C=C/CCCc1ccccc1.CC. The Kier molecular flexibility index (Phi) is 9.30. The van der Waals surface area contributed by atoms with Gasteiger partial charge in [0.05, 0.1) is 0 Å². The highest BCUT2D eigenvalue weighted by atomic mass is 13.9. The molecule has 0 saturated heterocycles. The standard InChI is InChI=1S/C12H16.C2H6/c1-2-3-4-6-9-12-10-7-5-8-11-12;1-2/h2-3,5,7-8,10-11H,4,6,9H2,1H3;1-2H3/b3-2+;. The molecule has 0 spiro atoms. The summed E-state index contributed by atoms with van der Waals surface area (Å²) in [6.07, 6.45) is 8.00. The highest BCUT2D eigenvalue weighted by Crippen LogP contribution is 2.04. The molecule has 78 valence electrons. The molecule has 1 aromatic rings. The van der Waals surface area contributed by atoms with Crippen molar-refractivity contribution >= 4 is 0 Å². The molecule has 0 aromatic heterocycles. The van der Waals surface area contributed by atoms with E-state index in [4.69, 9.17) is 0 Å². The molecule has 0 nitrogen and oxygen atoms in total. The van der Waals surface area contributed by atoms with Crippen molar-refractivity contribution in [2.24, 2.45) is 0 Å². The Hall–Kier alpha value is -1.04. The summed E-state index contributed by atoms with van der Waals surface area (Å²) >= 11 is 0. The number of hydrogen-bond acceptors (Lipinski definition) is 0. The van der Waals surface area contributed by atoms with E-state index >= 15 is 0 Å². The molecule has 0 radical (unpaired) electrons. The number of allylic oxidation sites excluding steroid dienone is 2. The molecule has 0 aliphatic carbocycles. The number of rotatable bonds is 4. The van der Waals surface area contributed by atoms with Crippen molar-refractivity contribution in [3.05, 3.63) is 48.0 Å². The van der Waals surface area contributed by atoms with Gasteiger partial charge < -0.3 is 0 Å². The second-order valence-electron chi connectivity index (χ2n) is 2.95. The lowest BCUT2D eigenvalue weighted by atomic mass is 10.1. The summed E-state index contributed by atoms with van der Waals surface area (Å²) in [7, 11) is 0. The van der Waals surface area contributed by atoms with Gasteiger partial charge in [0.2, 0.25) is 0 Å². The van der Waals surface area contributed by atoms with Crippen molar-refractivity contribution in [1.29, 1.82) is 0 Å². The van der Waals surface area contributed by atoms with Crippen LogP contribution in [0.1, 0.15) is 39.2 Å². The molecule has 0 unspecified atom stereocenters. The van der Waals surface area contributed by atoms with E-state index in [1.54, 1.807) is 0 Å². The predicted octanol–water partition coefficient (Wildman–Crippen LogP) is 4.61. The predicted molar refractivity (Wildman–Crippen MR) is 65.5 cm³/mol. The van der Waals surface area contributed by atoms with Gasteiger partial charge in [-0.15, -0.1) is 0 Å². The van der Waals surface area contributed by atoms with Crippen LogP contribution in [0, 0.1) is 0 Å². The van der Waals surface area contributed by atoms with Gasteiger partial charge in [0.15, 0.2) is 0 Å². The van der Waals surface area contributed by atoms with Gasteiger partial charge in [-0.25, -0.2) is 0 Å². The van der Waals surface area contributed by atoms with Crippen LogP contribution in [0.4, 0.5) is 0 Å². The maximum atomic E-state index is 2.23. The van der Waals surface area contributed by atoms with Crippen LogP contribution in [-0.2, 0) is 6.42 Å². The average Bonchev–Trinajstić information content (AvgIpc) is 2.29. The molecule has 1 aromatic carbocycles. The van der Waals surface area contributed by atoms with E-state index in [0.29, 0.717) is 0 Å². The first kappa shape index (κ1) is 13.0. The topological polar surface area (TPSA) is 0 Å². The highest BCUT2D eigenvalue weighted by Gasteiger charge is 1.88. The van der Waals surface area contributed by atoms with E-state index in [1.165, 1.54) is 24.8 Å². The van der Waals surface area contributed by atoms with Crippen LogP contribution < -0.4 is 0 Å². The average molecular weight is 190 g/mol. The molecule has 14 heavy (non-hydrogen) atoms. The smallest absolute Gasteiger partial charge is 0.0276 e. The molecule has 0 bridgehead atoms. The third-order valence-corrected chi connectivity index (χ3v) is 1.91. The highest BCUT2D eigenvalue weighted by molar-refractivity contribution is 5.14. The Morgan fingerprint density at radius 1 is 1.07 bits per heavy atom. The first-order valence-corrected chi connectivity index (χ1v) is 5.58. The van der Waals surface area contributed by atoms with Crippen molar-refractivity contribution in [3.63, 3.8) is 0 Å². The molecule has 0 aliphatic heterocycles. The third kappa shape index (κ3) is 6.47. The van der Waals surface area contributed by atoms with Gasteiger partial charge in [-0.1, -0.05) is 56.3 Å². The molecule has 0 amide bonds. The molecule has 0 aliphatic rings. The lowest BCUT2D eigenvalue weighted by molar-refractivity contribution is 0.842. The summed E-state index contributed by atoms with van der Waals surface area (Å²) in [6.45, 7) is 6.07. The van der Waals surface area contributed by atoms with Crippen LogP contribution in [0.15, 0.2) is 42.5 Å². The van der Waals surface area contributed by atoms with Crippen LogP contribution in [0.25, 0.3) is 0 Å². The maximum Gasteiger partial charge on any atom is -0.0276 e. The summed E-state index contributed by atoms with van der Waals surface area (Å²) < 4.78 is 0. The molecule has 1 rings (SSSR count). The Bertz CT molecular complexity index is 221. The van der Waals surface area contributed by atoms with E-state index in [1.807, 2.05) is 13.8 Å². The van der Waals surface area contributed by atoms with Crippen LogP contribution in [0.2, 0.25) is 0 Å². The van der Waals surface area contributed by atoms with Crippen molar-refractivity contribution in [2.45, 2.75) is 40.0 Å². The lowest BCUT2D eigenvalue weighted by Gasteiger charge is -1.97. The van der Waals surface area contributed by atoms with Gasteiger partial charge >= 0.3 is 0 Å². The van der Waals surface area contributed by atoms with Gasteiger partial charge in [0, 0.05) is 0 Å². The van der Waals surface area contributed by atoms with E-state index in [2.05, 4.69) is 49.4 Å². The Morgan fingerprint density at radius 3 is 2.29 bits per heavy atom. The Balaban J connectivity index is 0.000000791. The quantitative estimate of drug-likeness (QED) is 0.480. The fourth-order valence-electron chi connectivity index (χ4n) is 1.24. The van der Waals surface area contributed by atoms with Crippen LogP contribution in [0.3, 0.4) is 0 Å². The van der Waals surface area contributed by atoms with Crippen LogP contribution >= 0.6 is 0 Å². The van der Waals surface area contributed by atoms with E-state index in [0.717, 1.165) is 0 Å². The fraction of sp³-hybridized carbons (Fsp3) is 0.429. The van der Waals surface area contributed by atoms with Gasteiger partial charge in [-0.05, 0) is 31.7 Å². The van der Waals surface area contributed by atoms with Gasteiger partial charge in [0.25, 0.3) is 0 Å². The second-order valence-corrected chi connectivity index (χ2v) is 2.95. The maximum absolute atomic E-state index is 2.23. The lowest BCUT2D eigenvalue weighted by Crippen LogP contribution is -1.82. The van der Waals surface area contributed by atoms with Crippen LogP contribution in [0.5, 0.6) is 0 Å². The zero-order chi connectivity index (χ0) is 10.6. The van der Waals surface area contributed by atoms with E-state index in [-0.39, 0.29) is 0 Å². The molecule has 0 N–H and O–H groups in total. The molecule has 0 heterocycles. The normalized spacial score (nSPS) is 9.64. The molecule has 0 heteroatoms. The zero-order valence-corrected chi connectivity index (χ0v) is 9.66. The summed E-state index contributed by atoms with van der Waals surface area (Å²) in [5.74, 6) is 0. The van der Waals surface area contributed by atoms with Crippen molar-refractivity contribution < 1.29 is 0 Å². The van der Waals surface area contributed by atoms with E-state index in [9.17, 15) is 0 Å². The first-order chi connectivity index (χ1) is 6.93. The Labute approximate surface area is 88.7 Å².